The van der Waals surface area contributed by atoms with Crippen molar-refractivity contribution < 1.29 is 9.53 Å². The molecule has 4 rings (SSSR count). The summed E-state index contributed by atoms with van der Waals surface area (Å²) in [5.41, 5.74) is 3.37. The van der Waals surface area contributed by atoms with Crippen molar-refractivity contribution in [2.24, 2.45) is 0 Å². The summed E-state index contributed by atoms with van der Waals surface area (Å²) < 4.78 is 8.79. The van der Waals surface area contributed by atoms with Crippen LogP contribution in [-0.2, 0) is 17.9 Å². The molecule has 0 saturated carbocycles. The second kappa shape index (κ2) is 8.92. The van der Waals surface area contributed by atoms with Crippen molar-refractivity contribution in [3.05, 3.63) is 94.5 Å². The SMILES string of the molecule is CCOc1ccc(NC(=O)Cn2ccc3ccn(Cc4cccc(C)c4)c3c2=O)cc1. The van der Waals surface area contributed by atoms with Gasteiger partial charge in [-0.2, -0.15) is 0 Å². The van der Waals surface area contributed by atoms with E-state index in [1.54, 1.807) is 30.5 Å². The summed E-state index contributed by atoms with van der Waals surface area (Å²) in [5.74, 6) is 0.485. The van der Waals surface area contributed by atoms with Gasteiger partial charge in [-0.25, -0.2) is 0 Å². The van der Waals surface area contributed by atoms with Gasteiger partial charge in [0.25, 0.3) is 5.56 Å². The lowest BCUT2D eigenvalue weighted by Crippen LogP contribution is -2.28. The number of aromatic nitrogens is 2. The van der Waals surface area contributed by atoms with Crippen LogP contribution < -0.4 is 15.6 Å². The third kappa shape index (κ3) is 4.69. The number of aryl methyl sites for hydroxylation is 1. The quantitative estimate of drug-likeness (QED) is 0.492. The molecule has 0 radical (unpaired) electrons. The van der Waals surface area contributed by atoms with E-state index in [2.05, 4.69) is 11.4 Å². The fraction of sp³-hybridized carbons (Fsp3) is 0.200. The highest BCUT2D eigenvalue weighted by atomic mass is 16.5. The van der Waals surface area contributed by atoms with Crippen molar-refractivity contribution >= 4 is 22.5 Å². The van der Waals surface area contributed by atoms with Crippen LogP contribution in [0.2, 0.25) is 0 Å². The zero-order chi connectivity index (χ0) is 21.8. The molecule has 0 bridgehead atoms. The number of nitrogens with one attached hydrogen (secondary N) is 1. The number of nitrogens with zero attached hydrogens (tertiary/aromatic N) is 2. The highest BCUT2D eigenvalue weighted by molar-refractivity contribution is 5.90. The van der Waals surface area contributed by atoms with Gasteiger partial charge in [0.2, 0.25) is 5.91 Å². The van der Waals surface area contributed by atoms with Crippen LogP contribution in [-0.4, -0.2) is 21.6 Å². The second-order valence-electron chi connectivity index (χ2n) is 7.49. The summed E-state index contributed by atoms with van der Waals surface area (Å²) in [6, 6.07) is 19.2. The van der Waals surface area contributed by atoms with Gasteiger partial charge >= 0.3 is 0 Å². The second-order valence-corrected chi connectivity index (χ2v) is 7.49. The van der Waals surface area contributed by atoms with Crippen molar-refractivity contribution in [3.63, 3.8) is 0 Å². The van der Waals surface area contributed by atoms with Gasteiger partial charge in [-0.3, -0.25) is 9.59 Å². The van der Waals surface area contributed by atoms with Crippen LogP contribution >= 0.6 is 0 Å². The number of fused-ring (bicyclic) bond motifs is 1. The third-order valence-corrected chi connectivity index (χ3v) is 5.09. The lowest BCUT2D eigenvalue weighted by atomic mass is 10.1. The number of pyridine rings is 1. The molecular formula is C25H25N3O3. The van der Waals surface area contributed by atoms with Gasteiger partial charge in [0.05, 0.1) is 6.61 Å². The molecule has 2 aromatic carbocycles. The molecule has 2 aromatic heterocycles. The van der Waals surface area contributed by atoms with Crippen LogP contribution in [0.15, 0.2) is 77.9 Å². The minimum absolute atomic E-state index is 0.0579. The first kappa shape index (κ1) is 20.5. The van der Waals surface area contributed by atoms with Gasteiger partial charge in [0.1, 0.15) is 17.8 Å². The molecule has 31 heavy (non-hydrogen) atoms. The van der Waals surface area contributed by atoms with Gasteiger partial charge in [-0.15, -0.1) is 0 Å². The van der Waals surface area contributed by atoms with E-state index < -0.39 is 0 Å². The number of amides is 1. The maximum Gasteiger partial charge on any atom is 0.275 e. The Morgan fingerprint density at radius 1 is 1.00 bits per heavy atom. The molecule has 4 aromatic rings. The smallest absolute Gasteiger partial charge is 0.275 e. The van der Waals surface area contributed by atoms with E-state index in [0.717, 1.165) is 16.7 Å². The van der Waals surface area contributed by atoms with Crippen LogP contribution in [0.4, 0.5) is 5.69 Å². The predicted octanol–water partition coefficient (Wildman–Crippen LogP) is 4.20. The van der Waals surface area contributed by atoms with Crippen LogP contribution in [0.25, 0.3) is 10.9 Å². The van der Waals surface area contributed by atoms with E-state index in [0.29, 0.717) is 24.4 Å². The monoisotopic (exact) mass is 415 g/mol. The fourth-order valence-corrected chi connectivity index (χ4v) is 3.66. The molecule has 158 valence electrons. The summed E-state index contributed by atoms with van der Waals surface area (Å²) in [5, 5.41) is 3.69. The van der Waals surface area contributed by atoms with E-state index in [1.807, 2.05) is 54.9 Å². The molecule has 0 fully saturated rings. The largest absolute Gasteiger partial charge is 0.494 e. The average molecular weight is 415 g/mol. The Balaban J connectivity index is 1.53. The molecule has 1 N–H and O–H groups in total. The van der Waals surface area contributed by atoms with Crippen molar-refractivity contribution in [2.45, 2.75) is 26.9 Å². The van der Waals surface area contributed by atoms with E-state index >= 15 is 0 Å². The maximum absolute atomic E-state index is 13.1. The number of ether oxygens (including phenoxy) is 1. The fourth-order valence-electron chi connectivity index (χ4n) is 3.66. The molecule has 1 amide bonds. The van der Waals surface area contributed by atoms with Crippen LogP contribution in [0, 0.1) is 6.92 Å². The molecule has 0 spiro atoms. The highest BCUT2D eigenvalue weighted by Crippen LogP contribution is 2.16. The Labute approximate surface area is 180 Å². The normalized spacial score (nSPS) is 10.9. The molecule has 0 atom stereocenters. The van der Waals surface area contributed by atoms with Crippen LogP contribution in [0.3, 0.4) is 0 Å². The van der Waals surface area contributed by atoms with E-state index in [9.17, 15) is 9.59 Å². The number of carbonyl (C=O) groups excluding carboxylic acids is 1. The molecule has 0 aliphatic rings. The van der Waals surface area contributed by atoms with Gasteiger partial charge in [0, 0.05) is 30.0 Å². The van der Waals surface area contributed by atoms with Crippen molar-refractivity contribution in [2.75, 3.05) is 11.9 Å². The summed E-state index contributed by atoms with van der Waals surface area (Å²) >= 11 is 0. The predicted molar refractivity (Wildman–Crippen MR) is 123 cm³/mol. The molecular weight excluding hydrogens is 390 g/mol. The molecule has 2 heterocycles. The molecule has 0 aliphatic heterocycles. The number of hydrogen-bond donors (Lipinski definition) is 1. The van der Waals surface area contributed by atoms with Gasteiger partial charge < -0.3 is 19.2 Å². The van der Waals surface area contributed by atoms with Gasteiger partial charge in [-0.1, -0.05) is 29.8 Å². The number of hydrogen-bond acceptors (Lipinski definition) is 3. The Morgan fingerprint density at radius 3 is 2.45 bits per heavy atom. The Hall–Kier alpha value is -3.80. The minimum Gasteiger partial charge on any atom is -0.494 e. The zero-order valence-electron chi connectivity index (χ0n) is 17.7. The lowest BCUT2D eigenvalue weighted by Gasteiger charge is -2.10. The van der Waals surface area contributed by atoms with E-state index in [4.69, 9.17) is 4.74 Å². The number of rotatable bonds is 7. The van der Waals surface area contributed by atoms with Gasteiger partial charge in [-0.05, 0) is 55.8 Å². The number of benzene rings is 2. The molecule has 6 nitrogen and oxygen atoms in total. The zero-order valence-corrected chi connectivity index (χ0v) is 17.7. The Bertz CT molecular complexity index is 1270. The van der Waals surface area contributed by atoms with Crippen molar-refractivity contribution in [1.29, 1.82) is 0 Å². The molecule has 0 saturated heterocycles. The molecule has 6 heteroatoms. The lowest BCUT2D eigenvalue weighted by molar-refractivity contribution is -0.116. The highest BCUT2D eigenvalue weighted by Gasteiger charge is 2.11. The number of carbonyl (C=O) groups is 1. The van der Waals surface area contributed by atoms with E-state index in [-0.39, 0.29) is 18.0 Å². The third-order valence-electron chi connectivity index (χ3n) is 5.09. The topological polar surface area (TPSA) is 65.3 Å². The summed E-state index contributed by atoms with van der Waals surface area (Å²) in [7, 11) is 0. The number of anilines is 1. The summed E-state index contributed by atoms with van der Waals surface area (Å²) in [6.45, 7) is 5.10. The van der Waals surface area contributed by atoms with Crippen molar-refractivity contribution in [3.8, 4) is 5.75 Å². The minimum atomic E-state index is -0.262. The van der Waals surface area contributed by atoms with E-state index in [1.165, 1.54) is 10.1 Å². The van der Waals surface area contributed by atoms with Gasteiger partial charge in [0.15, 0.2) is 0 Å². The summed E-state index contributed by atoms with van der Waals surface area (Å²) in [4.78, 5) is 25.6. The maximum atomic E-state index is 13.1. The van der Waals surface area contributed by atoms with Crippen LogP contribution in [0.5, 0.6) is 5.75 Å². The van der Waals surface area contributed by atoms with Crippen LogP contribution in [0.1, 0.15) is 18.1 Å². The first-order valence-electron chi connectivity index (χ1n) is 10.3. The average Bonchev–Trinajstić information content (AvgIpc) is 3.15. The van der Waals surface area contributed by atoms with Crippen molar-refractivity contribution in [1.82, 2.24) is 9.13 Å². The summed E-state index contributed by atoms with van der Waals surface area (Å²) in [6.07, 6.45) is 3.58. The first-order valence-corrected chi connectivity index (χ1v) is 10.3. The molecule has 0 aliphatic carbocycles. The standard InChI is InChI=1S/C25H25N3O3/c1-3-31-22-9-7-21(8-10-22)26-23(29)17-28-14-12-20-11-13-27(24(20)25(28)30)16-19-6-4-5-18(2)15-19/h4-15H,3,16-17H2,1-2H3,(H,26,29). The first-order chi connectivity index (χ1) is 15.0. The molecule has 0 unspecified atom stereocenters. The Morgan fingerprint density at radius 2 is 1.74 bits per heavy atom. The Kier molecular flexibility index (Phi) is 5.89.